The molecule has 0 radical (unpaired) electrons. The minimum atomic E-state index is 0. The molecule has 0 unspecified atom stereocenters. The van der Waals surface area contributed by atoms with Gasteiger partial charge in [0.05, 0.1) is 5.34 Å². The van der Waals surface area contributed by atoms with Gasteiger partial charge in [-0.15, -0.1) is 23.2 Å². The third kappa shape index (κ3) is 5.55. The molecular weight excluding hydrogens is 827 g/mol. The van der Waals surface area contributed by atoms with Crippen LogP contribution >= 0.6 is 23.2 Å². The van der Waals surface area contributed by atoms with Crippen LogP contribution in [0.1, 0.15) is 0 Å². The summed E-state index contributed by atoms with van der Waals surface area (Å²) in [5, 5.41) is 2.92. The first-order chi connectivity index (χ1) is 20.3. The second kappa shape index (κ2) is 13.4. The molecule has 8 rings (SSSR count). The zero-order valence-electron chi connectivity index (χ0n) is 22.0. The molecule has 9 heteroatoms. The van der Waals surface area contributed by atoms with E-state index in [2.05, 4.69) is 130 Å². The molecule has 0 saturated carbocycles. The quantitative estimate of drug-likeness (QED) is 0.108. The predicted octanol–water partition coefficient (Wildman–Crippen LogP) is 4.23. The van der Waals surface area contributed by atoms with E-state index in [1.54, 1.807) is 18.1 Å². The standard InChI is InChI=1S/C32H20N2Se4.CH2Cl2.H2O/c1-3-11-21(12-4-1)29-31(33-25-17-9-7-15-23(25)19-27(33)35-29)37-38-32-30(22-13-5-2-6-14-22)36-28-20-24-16-8-10-18-26(24)34(28)32;2-1-3;/h1-20H;1H2;1H2. The van der Waals surface area contributed by atoms with Crippen LogP contribution in [-0.4, -0.2) is 66.1 Å². The Bertz CT molecular complexity index is 1960. The van der Waals surface area contributed by atoms with Crippen LogP contribution in [-0.2, 0) is 0 Å². The van der Waals surface area contributed by atoms with E-state index in [4.69, 9.17) is 23.2 Å². The average molecular weight is 851 g/mol. The molecule has 0 aliphatic carbocycles. The second-order valence-corrected chi connectivity index (χ2v) is 20.3. The molecule has 0 bridgehead atoms. The number of nitrogens with zero attached hydrogens (tertiary/aromatic N) is 2. The maximum atomic E-state index is 4.76. The molecule has 0 saturated heterocycles. The summed E-state index contributed by atoms with van der Waals surface area (Å²) in [6.07, 6.45) is 0. The van der Waals surface area contributed by atoms with Crippen molar-refractivity contribution >= 4 is 118 Å². The van der Waals surface area contributed by atoms with Crippen molar-refractivity contribution in [3.05, 3.63) is 121 Å². The molecule has 0 spiro atoms. The van der Waals surface area contributed by atoms with Crippen LogP contribution in [0.2, 0.25) is 0 Å². The van der Waals surface area contributed by atoms with Gasteiger partial charge in [-0.05, 0) is 0 Å². The number of halogens is 2. The summed E-state index contributed by atoms with van der Waals surface area (Å²) in [7, 11) is 0. The van der Waals surface area contributed by atoms with E-state index in [9.17, 15) is 0 Å². The number of aromatic nitrogens is 2. The first kappa shape index (κ1) is 30.1. The van der Waals surface area contributed by atoms with Gasteiger partial charge in [0.2, 0.25) is 0 Å². The topological polar surface area (TPSA) is 39.7 Å². The molecule has 4 aromatic heterocycles. The van der Waals surface area contributed by atoms with E-state index < -0.39 is 0 Å². The zero-order chi connectivity index (χ0) is 27.8. The fourth-order valence-electron chi connectivity index (χ4n) is 5.10. The Balaban J connectivity index is 0.000000759. The Labute approximate surface area is 276 Å². The van der Waals surface area contributed by atoms with Crippen LogP contribution in [0.3, 0.4) is 0 Å². The van der Waals surface area contributed by atoms with Gasteiger partial charge in [0.15, 0.2) is 0 Å². The Morgan fingerprint density at radius 3 is 1.31 bits per heavy atom. The van der Waals surface area contributed by atoms with Crippen LogP contribution in [0.5, 0.6) is 0 Å². The monoisotopic (exact) mass is 854 g/mol. The Kier molecular flexibility index (Phi) is 9.58. The van der Waals surface area contributed by atoms with E-state index >= 15 is 0 Å². The van der Waals surface area contributed by atoms with Gasteiger partial charge in [0.1, 0.15) is 0 Å². The summed E-state index contributed by atoms with van der Waals surface area (Å²) in [6.45, 7) is 0. The molecule has 42 heavy (non-hydrogen) atoms. The second-order valence-electron chi connectivity index (χ2n) is 9.23. The van der Waals surface area contributed by atoms with Gasteiger partial charge in [-0.3, -0.25) is 0 Å². The van der Waals surface area contributed by atoms with Crippen molar-refractivity contribution in [2.45, 2.75) is 0 Å². The van der Waals surface area contributed by atoms with Gasteiger partial charge in [-0.1, -0.05) is 0 Å². The van der Waals surface area contributed by atoms with Crippen molar-refractivity contribution in [1.29, 1.82) is 0 Å². The van der Waals surface area contributed by atoms with Crippen LogP contribution in [0, 0.1) is 0 Å². The normalized spacial score (nSPS) is 11.2. The van der Waals surface area contributed by atoms with E-state index in [-0.39, 0.29) is 10.8 Å². The van der Waals surface area contributed by atoms with Crippen molar-refractivity contribution in [3.63, 3.8) is 0 Å². The van der Waals surface area contributed by atoms with Crippen molar-refractivity contribution in [2.75, 3.05) is 5.34 Å². The zero-order valence-corrected chi connectivity index (χ0v) is 30.4. The molecule has 0 aliphatic heterocycles. The number of hydrogen-bond acceptors (Lipinski definition) is 0. The minimum absolute atomic E-state index is 0. The van der Waals surface area contributed by atoms with E-state index in [1.165, 1.54) is 41.7 Å². The van der Waals surface area contributed by atoms with Crippen molar-refractivity contribution < 1.29 is 14.3 Å². The number of para-hydroxylation sites is 2. The van der Waals surface area contributed by atoms with E-state index in [0.717, 1.165) is 0 Å². The average Bonchev–Trinajstić information content (AvgIpc) is 3.75. The van der Waals surface area contributed by atoms with Crippen molar-refractivity contribution in [2.24, 2.45) is 0 Å². The molecule has 0 atom stereocenters. The molecule has 0 fully saturated rings. The molecule has 4 heterocycles. The molecule has 3 nitrogen and oxygen atoms in total. The van der Waals surface area contributed by atoms with Crippen molar-refractivity contribution in [3.8, 4) is 20.0 Å². The summed E-state index contributed by atoms with van der Waals surface area (Å²) in [4.78, 5) is 0. The molecule has 2 N–H and O–H groups in total. The summed E-state index contributed by atoms with van der Waals surface area (Å²) < 4.78 is 14.5. The summed E-state index contributed by atoms with van der Waals surface area (Å²) in [5.74, 6) is 0. The molecule has 210 valence electrons. The Morgan fingerprint density at radius 2 is 0.905 bits per heavy atom. The third-order valence-corrected chi connectivity index (χ3v) is 19.7. The summed E-state index contributed by atoms with van der Waals surface area (Å²) in [5.41, 5.74) is 5.52. The van der Waals surface area contributed by atoms with Gasteiger partial charge >= 0.3 is 245 Å². The third-order valence-electron chi connectivity index (χ3n) is 6.83. The van der Waals surface area contributed by atoms with Gasteiger partial charge in [-0.25, -0.2) is 0 Å². The molecule has 4 aromatic carbocycles. The molecule has 0 amide bonds. The molecular formula is C33H24Cl2N2OSe4. The van der Waals surface area contributed by atoms with E-state index in [0.29, 0.717) is 55.3 Å². The number of benzene rings is 4. The number of fused-ring (bicyclic) bond motifs is 6. The van der Waals surface area contributed by atoms with Crippen LogP contribution in [0.4, 0.5) is 0 Å². The van der Waals surface area contributed by atoms with Crippen LogP contribution < -0.4 is 18.0 Å². The fraction of sp³-hybridized carbons (Fsp3) is 0.0303. The number of rotatable bonds is 5. The van der Waals surface area contributed by atoms with Crippen LogP contribution in [0.25, 0.3) is 50.6 Å². The first-order valence-corrected chi connectivity index (χ1v) is 23.4. The van der Waals surface area contributed by atoms with Gasteiger partial charge in [-0.2, -0.15) is 0 Å². The molecule has 0 aliphatic rings. The predicted molar refractivity (Wildman–Crippen MR) is 181 cm³/mol. The first-order valence-electron chi connectivity index (χ1n) is 12.9. The van der Waals surface area contributed by atoms with Gasteiger partial charge in [0.25, 0.3) is 0 Å². The SMILES string of the molecule is ClCCl.O.c1ccc(-c2[se]c3[cH-]c4ccccc4[n+]3c2[Se][Se]c2c(-c3ccccc3)[se]c3[cH-]c4ccccc4[n+]23)cc1. The number of alkyl halides is 2. The van der Waals surface area contributed by atoms with Crippen LogP contribution in [0.15, 0.2) is 121 Å². The molecule has 8 aromatic rings. The summed E-state index contributed by atoms with van der Waals surface area (Å²) >= 11 is 10.8. The van der Waals surface area contributed by atoms with Crippen molar-refractivity contribution in [1.82, 2.24) is 0 Å². The summed E-state index contributed by atoms with van der Waals surface area (Å²) in [6, 6.07) is 44.9. The Morgan fingerprint density at radius 1 is 0.548 bits per heavy atom. The Hall–Kier alpha value is -1.94. The number of hydrogen-bond donors (Lipinski definition) is 0. The van der Waals surface area contributed by atoms with E-state index in [1.807, 2.05) is 0 Å². The maximum absolute atomic E-state index is 4.76. The van der Waals surface area contributed by atoms with Gasteiger partial charge < -0.3 is 5.48 Å². The van der Waals surface area contributed by atoms with Gasteiger partial charge in [0, 0.05) is 0 Å². The fourth-order valence-corrected chi connectivity index (χ4v) is 22.4.